The van der Waals surface area contributed by atoms with Gasteiger partial charge in [0, 0.05) is 18.8 Å². The molecule has 6 nitrogen and oxygen atoms in total. The summed E-state index contributed by atoms with van der Waals surface area (Å²) in [6.45, 7) is 7.09. The lowest BCUT2D eigenvalue weighted by molar-refractivity contribution is -0.126. The van der Waals surface area contributed by atoms with Crippen LogP contribution in [-0.4, -0.2) is 30.8 Å². The van der Waals surface area contributed by atoms with Crippen LogP contribution in [0.1, 0.15) is 20.8 Å². The monoisotopic (exact) mass is 386 g/mol. The second-order valence-corrected chi connectivity index (χ2v) is 6.30. The number of anilines is 2. The van der Waals surface area contributed by atoms with Crippen LogP contribution in [0.15, 0.2) is 58.8 Å². The summed E-state index contributed by atoms with van der Waals surface area (Å²) in [4.78, 5) is 26.3. The van der Waals surface area contributed by atoms with E-state index in [1.807, 2.05) is 12.1 Å². The first-order valence-electron chi connectivity index (χ1n) is 8.78. The maximum Gasteiger partial charge on any atom is 0.258 e. The van der Waals surface area contributed by atoms with Crippen molar-refractivity contribution in [2.75, 3.05) is 23.3 Å². The fraction of sp³-hybridized carbons (Fsp3) is 0.300. The number of halogens is 1. The van der Waals surface area contributed by atoms with Gasteiger partial charge in [-0.15, -0.1) is 0 Å². The average Bonchev–Trinajstić information content (AvgIpc) is 2.65. The number of nitrogens with one attached hydrogen (secondary N) is 1. The number of azo groups is 1. The van der Waals surface area contributed by atoms with Gasteiger partial charge >= 0.3 is 0 Å². The van der Waals surface area contributed by atoms with Gasteiger partial charge in [0.1, 0.15) is 0 Å². The van der Waals surface area contributed by atoms with Crippen LogP contribution in [0.5, 0.6) is 0 Å². The van der Waals surface area contributed by atoms with Gasteiger partial charge in [0.05, 0.1) is 16.4 Å². The zero-order chi connectivity index (χ0) is 19.8. The molecule has 0 aliphatic rings. The highest BCUT2D eigenvalue weighted by atomic mass is 35.5. The first-order valence-corrected chi connectivity index (χ1v) is 9.15. The Bertz CT molecular complexity index is 820. The van der Waals surface area contributed by atoms with Crippen molar-refractivity contribution in [3.63, 3.8) is 0 Å². The summed E-state index contributed by atoms with van der Waals surface area (Å²) in [5.74, 6) is -0.915. The summed E-state index contributed by atoms with van der Waals surface area (Å²) in [6.07, 6.45) is 0. The quantitative estimate of drug-likeness (QED) is 0.519. The standard InChI is InChI=1S/C20H23ClN4O2/c1-4-25(5-2)18-12-11-16(13-17(18)21)23-24-19(14(3)26)20(27)22-15-9-7-6-8-10-15/h6-13,19H,4-5H2,1-3H3,(H,22,27)/t19-/m0/s1. The number of para-hydroxylation sites is 1. The third kappa shape index (κ3) is 5.62. The molecule has 0 bridgehead atoms. The molecule has 0 fully saturated rings. The van der Waals surface area contributed by atoms with E-state index in [0.717, 1.165) is 18.8 Å². The van der Waals surface area contributed by atoms with Crippen LogP contribution < -0.4 is 10.2 Å². The summed E-state index contributed by atoms with van der Waals surface area (Å²) in [5.41, 5.74) is 1.98. The molecule has 1 amide bonds. The van der Waals surface area contributed by atoms with Gasteiger partial charge in [0.25, 0.3) is 5.91 Å². The number of hydrogen-bond donors (Lipinski definition) is 1. The van der Waals surface area contributed by atoms with Crippen molar-refractivity contribution in [2.24, 2.45) is 10.2 Å². The highest BCUT2D eigenvalue weighted by Crippen LogP contribution is 2.30. The van der Waals surface area contributed by atoms with Crippen molar-refractivity contribution in [1.82, 2.24) is 0 Å². The van der Waals surface area contributed by atoms with Crippen LogP contribution in [0, 0.1) is 0 Å². The molecular formula is C20H23ClN4O2. The first-order chi connectivity index (χ1) is 13.0. The van der Waals surface area contributed by atoms with Crippen molar-refractivity contribution in [1.29, 1.82) is 0 Å². The summed E-state index contributed by atoms with van der Waals surface area (Å²) in [7, 11) is 0. The molecule has 2 aromatic rings. The molecule has 7 heteroatoms. The third-order valence-electron chi connectivity index (χ3n) is 4.00. The molecule has 2 aromatic carbocycles. The normalized spacial score (nSPS) is 12.0. The largest absolute Gasteiger partial charge is 0.371 e. The van der Waals surface area contributed by atoms with E-state index in [9.17, 15) is 9.59 Å². The predicted octanol–water partition coefficient (Wildman–Crippen LogP) is 4.87. The third-order valence-corrected chi connectivity index (χ3v) is 4.30. The van der Waals surface area contributed by atoms with E-state index in [2.05, 4.69) is 34.3 Å². The number of amides is 1. The number of carbonyl (C=O) groups excluding carboxylic acids is 2. The lowest BCUT2D eigenvalue weighted by atomic mass is 10.2. The van der Waals surface area contributed by atoms with Gasteiger partial charge < -0.3 is 10.2 Å². The van der Waals surface area contributed by atoms with Gasteiger partial charge in [-0.3, -0.25) is 9.59 Å². The molecule has 142 valence electrons. The summed E-state index contributed by atoms with van der Waals surface area (Å²) in [6, 6.07) is 13.0. The van der Waals surface area contributed by atoms with Crippen molar-refractivity contribution in [3.8, 4) is 0 Å². The van der Waals surface area contributed by atoms with E-state index >= 15 is 0 Å². The Kier molecular flexibility index (Phi) is 7.49. The smallest absolute Gasteiger partial charge is 0.258 e. The number of nitrogens with zero attached hydrogens (tertiary/aromatic N) is 3. The van der Waals surface area contributed by atoms with Gasteiger partial charge in [0.15, 0.2) is 5.78 Å². The second-order valence-electron chi connectivity index (χ2n) is 5.89. The number of rotatable bonds is 8. The lowest BCUT2D eigenvalue weighted by Gasteiger charge is -2.22. The van der Waals surface area contributed by atoms with E-state index in [-0.39, 0.29) is 0 Å². The maximum atomic E-state index is 12.3. The molecule has 2 rings (SSSR count). The highest BCUT2D eigenvalue weighted by Gasteiger charge is 2.23. The molecule has 0 spiro atoms. The zero-order valence-electron chi connectivity index (χ0n) is 15.6. The Labute approximate surface area is 164 Å². The topological polar surface area (TPSA) is 74.1 Å². The summed E-state index contributed by atoms with van der Waals surface area (Å²) in [5, 5.41) is 11.2. The molecule has 1 N–H and O–H groups in total. The van der Waals surface area contributed by atoms with Crippen molar-refractivity contribution in [2.45, 2.75) is 26.8 Å². The van der Waals surface area contributed by atoms with E-state index in [0.29, 0.717) is 16.4 Å². The summed E-state index contributed by atoms with van der Waals surface area (Å²) < 4.78 is 0. The minimum Gasteiger partial charge on any atom is -0.371 e. The number of carbonyl (C=O) groups is 2. The SMILES string of the molecule is CCN(CC)c1ccc(N=N[C@@H](C(C)=O)C(=O)Nc2ccccc2)cc1Cl. The van der Waals surface area contributed by atoms with Crippen LogP contribution >= 0.6 is 11.6 Å². The average molecular weight is 387 g/mol. The van der Waals surface area contributed by atoms with Crippen LogP contribution in [0.4, 0.5) is 17.1 Å². The molecule has 0 aromatic heterocycles. The van der Waals surface area contributed by atoms with Crippen molar-refractivity contribution < 1.29 is 9.59 Å². The molecule has 0 saturated heterocycles. The zero-order valence-corrected chi connectivity index (χ0v) is 16.4. The van der Waals surface area contributed by atoms with Gasteiger partial charge in [-0.25, -0.2) is 0 Å². The van der Waals surface area contributed by atoms with Gasteiger partial charge in [-0.05, 0) is 51.1 Å². The van der Waals surface area contributed by atoms with E-state index in [1.54, 1.807) is 36.4 Å². The highest BCUT2D eigenvalue weighted by molar-refractivity contribution is 6.33. The Morgan fingerprint density at radius 1 is 1.11 bits per heavy atom. The molecule has 27 heavy (non-hydrogen) atoms. The number of ketones is 1. The molecule has 0 heterocycles. The van der Waals surface area contributed by atoms with E-state index in [1.165, 1.54) is 6.92 Å². The van der Waals surface area contributed by atoms with Crippen molar-refractivity contribution >= 4 is 40.4 Å². The maximum absolute atomic E-state index is 12.3. The number of hydrogen-bond acceptors (Lipinski definition) is 5. The molecule has 0 unspecified atom stereocenters. The fourth-order valence-corrected chi connectivity index (χ4v) is 2.85. The van der Waals surface area contributed by atoms with Gasteiger partial charge in [-0.1, -0.05) is 29.8 Å². The Balaban J connectivity index is 2.16. The van der Waals surface area contributed by atoms with Crippen molar-refractivity contribution in [3.05, 3.63) is 53.6 Å². The molecule has 0 aliphatic heterocycles. The minimum absolute atomic E-state index is 0.391. The second kappa shape index (κ2) is 9.83. The predicted molar refractivity (Wildman–Crippen MR) is 109 cm³/mol. The minimum atomic E-state index is -1.22. The molecule has 0 saturated carbocycles. The lowest BCUT2D eigenvalue weighted by Crippen LogP contribution is -2.31. The molecule has 0 aliphatic carbocycles. The Morgan fingerprint density at radius 2 is 1.78 bits per heavy atom. The molecular weight excluding hydrogens is 364 g/mol. The van der Waals surface area contributed by atoms with Crippen LogP contribution in [-0.2, 0) is 9.59 Å². The number of Topliss-reactive ketones (excluding diaryl/α,β-unsaturated/α-hetero) is 1. The Hall–Kier alpha value is -2.73. The van der Waals surface area contributed by atoms with Gasteiger partial charge in [-0.2, -0.15) is 10.2 Å². The van der Waals surface area contributed by atoms with Crippen LogP contribution in [0.3, 0.4) is 0 Å². The summed E-state index contributed by atoms with van der Waals surface area (Å²) >= 11 is 6.34. The van der Waals surface area contributed by atoms with E-state index in [4.69, 9.17) is 11.6 Å². The molecule has 1 atom stereocenters. The van der Waals surface area contributed by atoms with Crippen LogP contribution in [0.25, 0.3) is 0 Å². The van der Waals surface area contributed by atoms with Gasteiger partial charge in [0.2, 0.25) is 6.04 Å². The Morgan fingerprint density at radius 3 is 2.33 bits per heavy atom. The number of benzene rings is 2. The molecule has 0 radical (unpaired) electrons. The van der Waals surface area contributed by atoms with E-state index < -0.39 is 17.7 Å². The van der Waals surface area contributed by atoms with Crippen LogP contribution in [0.2, 0.25) is 5.02 Å². The fourth-order valence-electron chi connectivity index (χ4n) is 2.55. The first kappa shape index (κ1) is 20.6.